The quantitative estimate of drug-likeness (QED) is 0.777. The smallest absolute Gasteiger partial charge is 0.161 e. The fourth-order valence-corrected chi connectivity index (χ4v) is 4.81. The Morgan fingerprint density at radius 2 is 1.84 bits per heavy atom. The Kier molecular flexibility index (Phi) is 5.42. The summed E-state index contributed by atoms with van der Waals surface area (Å²) in [5, 5.41) is 21.5. The van der Waals surface area contributed by atoms with Gasteiger partial charge in [0.15, 0.2) is 11.5 Å². The topological polar surface area (TPSA) is 80.6 Å². The first-order chi connectivity index (χ1) is 15.0. The first kappa shape index (κ1) is 20.4. The number of β-amino-alcohol motifs (C(OH)–C–C–N with tert-alkyl or cyclic N) is 1. The molecular weight excluding hydrogens is 398 g/mol. The highest BCUT2D eigenvalue weighted by Crippen LogP contribution is 2.45. The molecule has 3 heterocycles. The van der Waals surface area contributed by atoms with Gasteiger partial charge in [0.05, 0.1) is 19.3 Å². The molecule has 0 unspecified atom stereocenters. The molecule has 1 spiro atoms. The molecule has 3 aliphatic heterocycles. The fraction of sp³-hybridized carbons (Fsp3) is 0.500. The van der Waals surface area contributed by atoms with Gasteiger partial charge in [0.1, 0.15) is 30.3 Å². The van der Waals surface area contributed by atoms with Gasteiger partial charge in [-0.25, -0.2) is 0 Å². The summed E-state index contributed by atoms with van der Waals surface area (Å²) in [5.41, 5.74) is 1.27. The molecule has 31 heavy (non-hydrogen) atoms. The lowest BCUT2D eigenvalue weighted by molar-refractivity contribution is -0.0588. The molecule has 2 aromatic carbocycles. The number of fused-ring (bicyclic) bond motifs is 2. The minimum Gasteiger partial charge on any atom is -0.497 e. The summed E-state index contributed by atoms with van der Waals surface area (Å²) in [6, 6.07) is 11.2. The molecule has 3 aliphatic rings. The van der Waals surface area contributed by atoms with Crippen LogP contribution in [0.25, 0.3) is 0 Å². The summed E-state index contributed by atoms with van der Waals surface area (Å²) in [5.74, 6) is 2.86. The van der Waals surface area contributed by atoms with Crippen LogP contribution in [0.2, 0.25) is 0 Å². The summed E-state index contributed by atoms with van der Waals surface area (Å²) in [4.78, 5) is 2.25. The van der Waals surface area contributed by atoms with Crippen molar-refractivity contribution in [3.8, 4) is 23.0 Å². The average molecular weight is 427 g/mol. The van der Waals surface area contributed by atoms with E-state index in [1.54, 1.807) is 7.11 Å². The minimum atomic E-state index is -0.604. The summed E-state index contributed by atoms with van der Waals surface area (Å²) in [6.45, 7) is 3.23. The third-order valence-corrected chi connectivity index (χ3v) is 6.62. The minimum absolute atomic E-state index is 0.378. The van der Waals surface area contributed by atoms with Crippen LogP contribution in [0.3, 0.4) is 0 Å². The summed E-state index contributed by atoms with van der Waals surface area (Å²) in [6.07, 6.45) is 1.05. The molecule has 0 aromatic heterocycles. The predicted octanol–water partition coefficient (Wildman–Crippen LogP) is 2.85. The van der Waals surface area contributed by atoms with Crippen molar-refractivity contribution in [2.24, 2.45) is 0 Å². The van der Waals surface area contributed by atoms with Crippen LogP contribution in [0.15, 0.2) is 36.4 Å². The number of hydrogen-bond acceptors (Lipinski definition) is 7. The third kappa shape index (κ3) is 4.05. The lowest BCUT2D eigenvalue weighted by atomic mass is 9.81. The van der Waals surface area contributed by atoms with Gasteiger partial charge in [-0.05, 0) is 42.7 Å². The summed E-state index contributed by atoms with van der Waals surface area (Å²) < 4.78 is 22.9. The number of likely N-dealkylation sites (tertiary alicyclic amines) is 1. The Labute approximate surface area is 182 Å². The monoisotopic (exact) mass is 427 g/mol. The number of hydrogen-bond donors (Lipinski definition) is 2. The summed E-state index contributed by atoms with van der Waals surface area (Å²) in [7, 11) is 1.63. The number of methoxy groups -OCH3 is 1. The van der Waals surface area contributed by atoms with E-state index in [9.17, 15) is 10.2 Å². The Balaban J connectivity index is 1.22. The number of aliphatic hydroxyl groups is 2. The lowest BCUT2D eigenvalue weighted by Crippen LogP contribution is -2.51. The molecule has 0 amide bonds. The zero-order valence-electron chi connectivity index (χ0n) is 17.8. The SMILES string of the molecule is COc1ccc2c(c1)OC1(CCN(C[C@H](O)c3ccc4c(c3)OCCO4)CC1)C[C@H]2O. The van der Waals surface area contributed by atoms with Crippen molar-refractivity contribution < 1.29 is 29.2 Å². The van der Waals surface area contributed by atoms with Gasteiger partial charge < -0.3 is 34.1 Å². The number of piperidine rings is 1. The van der Waals surface area contributed by atoms with Gasteiger partial charge in [-0.15, -0.1) is 0 Å². The van der Waals surface area contributed by atoms with Gasteiger partial charge in [0.25, 0.3) is 0 Å². The second-order valence-corrected chi connectivity index (χ2v) is 8.63. The molecule has 1 fully saturated rings. The first-order valence-corrected chi connectivity index (χ1v) is 10.9. The van der Waals surface area contributed by atoms with Crippen LogP contribution in [0.5, 0.6) is 23.0 Å². The molecule has 7 heteroatoms. The van der Waals surface area contributed by atoms with Gasteiger partial charge in [0, 0.05) is 37.7 Å². The number of nitrogens with zero attached hydrogens (tertiary/aromatic N) is 1. The van der Waals surface area contributed by atoms with E-state index in [0.29, 0.717) is 37.7 Å². The van der Waals surface area contributed by atoms with Crippen LogP contribution in [0.4, 0.5) is 0 Å². The largest absolute Gasteiger partial charge is 0.497 e. The van der Waals surface area contributed by atoms with Crippen molar-refractivity contribution in [3.05, 3.63) is 47.5 Å². The molecule has 2 atom stereocenters. The Morgan fingerprint density at radius 1 is 1.06 bits per heavy atom. The van der Waals surface area contributed by atoms with Crippen molar-refractivity contribution in [2.75, 3.05) is 40.0 Å². The zero-order chi connectivity index (χ0) is 21.4. The summed E-state index contributed by atoms with van der Waals surface area (Å²) >= 11 is 0. The number of aliphatic hydroxyl groups excluding tert-OH is 2. The highest BCUT2D eigenvalue weighted by atomic mass is 16.6. The average Bonchev–Trinajstić information content (AvgIpc) is 2.80. The van der Waals surface area contributed by atoms with Gasteiger partial charge >= 0.3 is 0 Å². The number of benzene rings is 2. The van der Waals surface area contributed by atoms with Crippen LogP contribution >= 0.6 is 0 Å². The van der Waals surface area contributed by atoms with E-state index in [2.05, 4.69) is 4.90 Å². The van der Waals surface area contributed by atoms with E-state index in [0.717, 1.165) is 48.6 Å². The molecule has 2 N–H and O–H groups in total. The predicted molar refractivity (Wildman–Crippen MR) is 114 cm³/mol. The maximum Gasteiger partial charge on any atom is 0.161 e. The van der Waals surface area contributed by atoms with Gasteiger partial charge in [-0.1, -0.05) is 6.07 Å². The molecule has 0 radical (unpaired) electrons. The van der Waals surface area contributed by atoms with Crippen LogP contribution in [-0.2, 0) is 0 Å². The van der Waals surface area contributed by atoms with Crippen LogP contribution in [0, 0.1) is 0 Å². The Morgan fingerprint density at radius 3 is 2.61 bits per heavy atom. The van der Waals surface area contributed by atoms with Gasteiger partial charge in [-0.2, -0.15) is 0 Å². The lowest BCUT2D eigenvalue weighted by Gasteiger charge is -2.46. The zero-order valence-corrected chi connectivity index (χ0v) is 17.8. The molecule has 0 aliphatic carbocycles. The van der Waals surface area contributed by atoms with E-state index in [1.807, 2.05) is 36.4 Å². The van der Waals surface area contributed by atoms with Gasteiger partial charge in [0.2, 0.25) is 0 Å². The highest BCUT2D eigenvalue weighted by molar-refractivity contribution is 5.45. The number of ether oxygens (including phenoxy) is 4. The van der Waals surface area contributed by atoms with E-state index in [1.165, 1.54) is 0 Å². The van der Waals surface area contributed by atoms with Crippen molar-refractivity contribution in [1.82, 2.24) is 4.90 Å². The maximum atomic E-state index is 10.8. The van der Waals surface area contributed by atoms with Crippen LogP contribution in [0.1, 0.15) is 42.6 Å². The fourth-order valence-electron chi connectivity index (χ4n) is 4.81. The molecule has 0 saturated carbocycles. The molecule has 7 nitrogen and oxygen atoms in total. The van der Waals surface area contributed by atoms with Crippen molar-refractivity contribution in [3.63, 3.8) is 0 Å². The van der Waals surface area contributed by atoms with E-state index >= 15 is 0 Å². The van der Waals surface area contributed by atoms with Crippen LogP contribution < -0.4 is 18.9 Å². The molecular formula is C24H29NO6. The second-order valence-electron chi connectivity index (χ2n) is 8.63. The highest BCUT2D eigenvalue weighted by Gasteiger charge is 2.43. The second kappa shape index (κ2) is 8.22. The van der Waals surface area contributed by atoms with Gasteiger partial charge in [-0.3, -0.25) is 0 Å². The Hall–Kier alpha value is -2.48. The van der Waals surface area contributed by atoms with Crippen molar-refractivity contribution in [1.29, 1.82) is 0 Å². The third-order valence-electron chi connectivity index (χ3n) is 6.62. The van der Waals surface area contributed by atoms with E-state index in [-0.39, 0.29) is 5.60 Å². The standard InChI is InChI=1S/C24H29NO6/c1-28-17-3-4-18-19(26)14-24(31-22(18)13-17)6-8-25(9-7-24)15-20(27)16-2-5-21-23(12-16)30-11-10-29-21/h2-5,12-13,19-20,26-27H,6-11,14-15H2,1H3/t19-,20+/m1/s1. The number of rotatable bonds is 4. The molecule has 0 bridgehead atoms. The van der Waals surface area contributed by atoms with Crippen LogP contribution in [-0.4, -0.2) is 60.7 Å². The molecule has 1 saturated heterocycles. The van der Waals surface area contributed by atoms with E-state index in [4.69, 9.17) is 18.9 Å². The Bertz CT molecular complexity index is 940. The normalized spacial score (nSPS) is 23.0. The van der Waals surface area contributed by atoms with Crippen molar-refractivity contribution >= 4 is 0 Å². The maximum absolute atomic E-state index is 10.8. The molecule has 166 valence electrons. The first-order valence-electron chi connectivity index (χ1n) is 10.9. The molecule has 2 aromatic rings. The van der Waals surface area contributed by atoms with Crippen molar-refractivity contribution in [2.45, 2.75) is 37.1 Å². The molecule has 5 rings (SSSR count). The van der Waals surface area contributed by atoms with E-state index < -0.39 is 12.2 Å².